The molecule has 0 saturated heterocycles. The molecule has 0 bridgehead atoms. The third kappa shape index (κ3) is 10.0. The number of nitrogens with zero attached hydrogens (tertiary/aromatic N) is 3. The van der Waals surface area contributed by atoms with E-state index in [4.69, 9.17) is 24.7 Å². The highest BCUT2D eigenvalue weighted by Gasteiger charge is 2.17. The van der Waals surface area contributed by atoms with Crippen molar-refractivity contribution in [2.45, 2.75) is 19.5 Å². The molecule has 0 radical (unpaired) electrons. The summed E-state index contributed by atoms with van der Waals surface area (Å²) in [5, 5.41) is 12.7. The van der Waals surface area contributed by atoms with Gasteiger partial charge in [-0.1, -0.05) is 54.6 Å². The van der Waals surface area contributed by atoms with Gasteiger partial charge in [0.05, 0.1) is 32.8 Å². The SMILES string of the molecule is NCCOCCOCCNC(=O)Cc1ccc(Nc2nc(NCc3ccccc3)nc(NCc3cccc4c3OCO4)n2)cc1. The van der Waals surface area contributed by atoms with Crippen LogP contribution in [0.15, 0.2) is 72.8 Å². The number of anilines is 4. The molecule has 1 amide bonds. The van der Waals surface area contributed by atoms with Gasteiger partial charge < -0.3 is 45.9 Å². The molecule has 45 heavy (non-hydrogen) atoms. The quantitative estimate of drug-likeness (QED) is 0.104. The molecule has 1 aliphatic heterocycles. The first-order valence-electron chi connectivity index (χ1n) is 14.8. The average molecular weight is 615 g/mol. The summed E-state index contributed by atoms with van der Waals surface area (Å²) in [6.07, 6.45) is 0.255. The second-order valence-electron chi connectivity index (χ2n) is 10.0. The molecule has 3 aromatic carbocycles. The number of rotatable bonds is 18. The monoisotopic (exact) mass is 614 g/mol. The third-order valence-corrected chi connectivity index (χ3v) is 6.62. The van der Waals surface area contributed by atoms with Crippen molar-refractivity contribution in [2.75, 3.05) is 62.3 Å². The molecule has 2 heterocycles. The molecule has 0 unspecified atom stereocenters. The van der Waals surface area contributed by atoms with Crippen LogP contribution in [0.4, 0.5) is 23.5 Å². The first-order valence-corrected chi connectivity index (χ1v) is 14.8. The molecule has 1 aromatic heterocycles. The molecular weight excluding hydrogens is 576 g/mol. The van der Waals surface area contributed by atoms with Crippen molar-refractivity contribution in [3.63, 3.8) is 0 Å². The van der Waals surface area contributed by atoms with Crippen molar-refractivity contribution >= 4 is 29.4 Å². The van der Waals surface area contributed by atoms with Gasteiger partial charge in [-0.15, -0.1) is 0 Å². The van der Waals surface area contributed by atoms with Crippen LogP contribution < -0.4 is 36.5 Å². The average Bonchev–Trinajstić information content (AvgIpc) is 3.55. The number of para-hydroxylation sites is 1. The number of amides is 1. The largest absolute Gasteiger partial charge is 0.454 e. The van der Waals surface area contributed by atoms with Gasteiger partial charge in [0.2, 0.25) is 30.5 Å². The lowest BCUT2D eigenvalue weighted by atomic mass is 10.1. The minimum absolute atomic E-state index is 0.0815. The summed E-state index contributed by atoms with van der Waals surface area (Å²) >= 11 is 0. The fourth-order valence-electron chi connectivity index (χ4n) is 4.42. The maximum absolute atomic E-state index is 12.4. The highest BCUT2D eigenvalue weighted by Crippen LogP contribution is 2.35. The van der Waals surface area contributed by atoms with E-state index >= 15 is 0 Å². The van der Waals surface area contributed by atoms with E-state index in [-0.39, 0.29) is 19.1 Å². The number of benzene rings is 3. The number of hydrogen-bond acceptors (Lipinski definition) is 12. The fourth-order valence-corrected chi connectivity index (χ4v) is 4.42. The first-order chi connectivity index (χ1) is 22.2. The molecule has 0 fully saturated rings. The predicted molar refractivity (Wildman–Crippen MR) is 171 cm³/mol. The summed E-state index contributed by atoms with van der Waals surface area (Å²) in [6, 6.07) is 23.3. The van der Waals surface area contributed by atoms with Gasteiger partial charge in [-0.2, -0.15) is 15.0 Å². The van der Waals surface area contributed by atoms with Crippen LogP contribution in [0.1, 0.15) is 16.7 Å². The second kappa shape index (κ2) is 16.8. The van der Waals surface area contributed by atoms with Gasteiger partial charge in [0.15, 0.2) is 11.5 Å². The number of carbonyl (C=O) groups is 1. The van der Waals surface area contributed by atoms with Crippen LogP contribution >= 0.6 is 0 Å². The van der Waals surface area contributed by atoms with E-state index in [1.54, 1.807) is 0 Å². The van der Waals surface area contributed by atoms with Crippen LogP contribution in [0.2, 0.25) is 0 Å². The van der Waals surface area contributed by atoms with Crippen molar-refractivity contribution in [3.8, 4) is 11.5 Å². The molecule has 0 saturated carbocycles. The van der Waals surface area contributed by atoms with Crippen LogP contribution in [0.3, 0.4) is 0 Å². The van der Waals surface area contributed by atoms with Crippen molar-refractivity contribution in [3.05, 3.63) is 89.5 Å². The molecule has 5 rings (SSSR count). The fraction of sp³-hybridized carbons (Fsp3) is 0.312. The predicted octanol–water partition coefficient (Wildman–Crippen LogP) is 3.22. The Labute approximate surface area is 261 Å². The number of carbonyl (C=O) groups excluding carboxylic acids is 1. The minimum Gasteiger partial charge on any atom is -0.454 e. The minimum atomic E-state index is -0.0815. The third-order valence-electron chi connectivity index (χ3n) is 6.62. The number of nitrogens with two attached hydrogens (primary N) is 1. The van der Waals surface area contributed by atoms with Gasteiger partial charge >= 0.3 is 0 Å². The molecule has 0 spiro atoms. The lowest BCUT2D eigenvalue weighted by molar-refractivity contribution is -0.120. The number of ether oxygens (including phenoxy) is 4. The normalized spacial score (nSPS) is 11.7. The zero-order chi connectivity index (χ0) is 31.1. The topological polar surface area (TPSA) is 167 Å². The molecule has 6 N–H and O–H groups in total. The Balaban J connectivity index is 1.17. The molecule has 1 aliphatic rings. The lowest BCUT2D eigenvalue weighted by Gasteiger charge is -2.12. The summed E-state index contributed by atoms with van der Waals surface area (Å²) in [5.41, 5.74) is 9.04. The van der Waals surface area contributed by atoms with Crippen LogP contribution in [0.5, 0.6) is 11.5 Å². The standard InChI is InChI=1S/C32H38N8O5/c33-13-15-42-17-18-43-16-14-34-28(41)19-23-9-11-26(12-10-23)37-32-39-30(35-20-24-5-2-1-3-6-24)38-31(40-32)36-21-25-7-4-8-27-29(25)45-22-44-27/h1-12H,13-22,33H2,(H,34,41)(H3,35,36,37,38,39,40). The summed E-state index contributed by atoms with van der Waals surface area (Å²) < 4.78 is 21.8. The van der Waals surface area contributed by atoms with Gasteiger partial charge in [-0.25, -0.2) is 0 Å². The number of nitrogens with one attached hydrogen (secondary N) is 4. The lowest BCUT2D eigenvalue weighted by Crippen LogP contribution is -2.29. The van der Waals surface area contributed by atoms with Gasteiger partial charge in [0, 0.05) is 37.4 Å². The molecule has 13 nitrogen and oxygen atoms in total. The van der Waals surface area contributed by atoms with Gasteiger partial charge in [0.1, 0.15) is 0 Å². The molecule has 13 heteroatoms. The van der Waals surface area contributed by atoms with Gasteiger partial charge in [-0.3, -0.25) is 4.79 Å². The molecule has 0 aliphatic carbocycles. The van der Waals surface area contributed by atoms with Crippen molar-refractivity contribution in [1.82, 2.24) is 20.3 Å². The van der Waals surface area contributed by atoms with Crippen molar-refractivity contribution < 1.29 is 23.7 Å². The van der Waals surface area contributed by atoms with Crippen LogP contribution in [-0.2, 0) is 33.8 Å². The molecule has 0 atom stereocenters. The Morgan fingerprint density at radius 3 is 2.27 bits per heavy atom. The highest BCUT2D eigenvalue weighted by atomic mass is 16.7. The summed E-state index contributed by atoms with van der Waals surface area (Å²) in [5.74, 6) is 2.51. The summed E-state index contributed by atoms with van der Waals surface area (Å²) in [6.45, 7) is 3.98. The van der Waals surface area contributed by atoms with E-state index in [0.29, 0.717) is 82.0 Å². The van der Waals surface area contributed by atoms with E-state index < -0.39 is 0 Å². The van der Waals surface area contributed by atoms with Crippen LogP contribution in [0, 0.1) is 0 Å². The van der Waals surface area contributed by atoms with E-state index in [0.717, 1.165) is 22.4 Å². The van der Waals surface area contributed by atoms with E-state index in [2.05, 4.69) is 36.2 Å². The van der Waals surface area contributed by atoms with E-state index in [1.807, 2.05) is 72.8 Å². The van der Waals surface area contributed by atoms with Crippen LogP contribution in [0.25, 0.3) is 0 Å². The summed E-state index contributed by atoms with van der Waals surface area (Å²) in [4.78, 5) is 26.1. The number of aromatic nitrogens is 3. The molecule has 4 aromatic rings. The van der Waals surface area contributed by atoms with Gasteiger partial charge in [-0.05, 0) is 29.3 Å². The van der Waals surface area contributed by atoms with Crippen LogP contribution in [-0.4, -0.2) is 67.2 Å². The second-order valence-corrected chi connectivity index (χ2v) is 10.0. The Kier molecular flexibility index (Phi) is 11.7. The van der Waals surface area contributed by atoms with E-state index in [1.165, 1.54) is 0 Å². The smallest absolute Gasteiger partial charge is 0.233 e. The van der Waals surface area contributed by atoms with Crippen molar-refractivity contribution in [1.29, 1.82) is 0 Å². The maximum Gasteiger partial charge on any atom is 0.233 e. The number of hydrogen-bond donors (Lipinski definition) is 5. The maximum atomic E-state index is 12.4. The van der Waals surface area contributed by atoms with Gasteiger partial charge in [0.25, 0.3) is 0 Å². The highest BCUT2D eigenvalue weighted by molar-refractivity contribution is 5.78. The first kappa shape index (κ1) is 31.4. The van der Waals surface area contributed by atoms with Crippen molar-refractivity contribution in [2.24, 2.45) is 5.73 Å². The molecular formula is C32H38N8O5. The zero-order valence-electron chi connectivity index (χ0n) is 25.0. The van der Waals surface area contributed by atoms with E-state index in [9.17, 15) is 4.79 Å². The Morgan fingerprint density at radius 1 is 0.756 bits per heavy atom. The summed E-state index contributed by atoms with van der Waals surface area (Å²) in [7, 11) is 0. The Morgan fingerprint density at radius 2 is 1.49 bits per heavy atom. The number of fused-ring (bicyclic) bond motifs is 1. The Bertz CT molecular complexity index is 1510. The molecule has 236 valence electrons. The Hall–Kier alpha value is -4.98. The zero-order valence-corrected chi connectivity index (χ0v) is 25.0.